The fourth-order valence-corrected chi connectivity index (χ4v) is 3.99. The van der Waals surface area contributed by atoms with Crippen LogP contribution in [-0.2, 0) is 17.6 Å². The quantitative estimate of drug-likeness (QED) is 0.644. The maximum Gasteiger partial charge on any atom is 0.274 e. The molecule has 0 saturated carbocycles. The van der Waals surface area contributed by atoms with Gasteiger partial charge >= 0.3 is 0 Å². The maximum absolute atomic E-state index is 13.3. The van der Waals surface area contributed by atoms with Crippen LogP contribution in [0.1, 0.15) is 46.6 Å². The number of carbonyl (C=O) groups excluding carboxylic acids is 2. The lowest BCUT2D eigenvalue weighted by Crippen LogP contribution is -2.35. The number of rotatable bonds is 5. The summed E-state index contributed by atoms with van der Waals surface area (Å²) in [6.45, 7) is 1.86. The van der Waals surface area contributed by atoms with Crippen LogP contribution in [0.4, 0.5) is 5.82 Å². The fraction of sp³-hybridized carbons (Fsp3) is 0.333. The standard InChI is InChI=1S/C24H27N5O2/c1-17-13-14-25-21(15-17)26-22(30)16-28(2)24(31)23-19-11-7-4-8-12-20(19)29(27-23)18-9-5-3-6-10-18/h3,5-6,9-10,13-15H,4,7-8,11-12,16H2,1-2H3,(H,25,26,30). The molecule has 2 amide bonds. The minimum atomic E-state index is -0.289. The molecule has 160 valence electrons. The average molecular weight is 418 g/mol. The molecule has 4 rings (SSSR count). The molecule has 0 spiro atoms. The van der Waals surface area contributed by atoms with Crippen molar-refractivity contribution in [1.29, 1.82) is 0 Å². The maximum atomic E-state index is 13.3. The van der Waals surface area contributed by atoms with Crippen LogP contribution in [0, 0.1) is 6.92 Å². The van der Waals surface area contributed by atoms with E-state index < -0.39 is 0 Å². The van der Waals surface area contributed by atoms with E-state index >= 15 is 0 Å². The molecule has 0 fully saturated rings. The summed E-state index contributed by atoms with van der Waals surface area (Å²) in [4.78, 5) is 31.3. The van der Waals surface area contributed by atoms with Gasteiger partial charge in [-0.25, -0.2) is 9.67 Å². The molecule has 1 aromatic carbocycles. The van der Waals surface area contributed by atoms with Gasteiger partial charge < -0.3 is 10.2 Å². The molecule has 3 aromatic rings. The Bertz CT molecular complexity index is 1090. The first-order valence-electron chi connectivity index (χ1n) is 10.7. The normalized spacial score (nSPS) is 13.2. The Balaban J connectivity index is 1.56. The Morgan fingerprint density at radius 2 is 1.87 bits per heavy atom. The molecular formula is C24H27N5O2. The van der Waals surface area contributed by atoms with Gasteiger partial charge in [-0.1, -0.05) is 24.6 Å². The summed E-state index contributed by atoms with van der Waals surface area (Å²) in [5.41, 5.74) is 4.52. The van der Waals surface area contributed by atoms with Crippen molar-refractivity contribution in [3.63, 3.8) is 0 Å². The van der Waals surface area contributed by atoms with Gasteiger partial charge in [0.2, 0.25) is 5.91 Å². The predicted molar refractivity (Wildman–Crippen MR) is 119 cm³/mol. The second-order valence-electron chi connectivity index (χ2n) is 8.01. The molecule has 0 bridgehead atoms. The van der Waals surface area contributed by atoms with Gasteiger partial charge in [0.05, 0.1) is 12.2 Å². The lowest BCUT2D eigenvalue weighted by atomic mass is 10.1. The minimum absolute atomic E-state index is 0.0680. The summed E-state index contributed by atoms with van der Waals surface area (Å²) in [5.74, 6) is -0.0456. The van der Waals surface area contributed by atoms with Gasteiger partial charge in [0.25, 0.3) is 5.91 Å². The zero-order valence-corrected chi connectivity index (χ0v) is 18.0. The summed E-state index contributed by atoms with van der Waals surface area (Å²) in [6.07, 6.45) is 6.63. The van der Waals surface area contributed by atoms with E-state index in [9.17, 15) is 9.59 Å². The summed E-state index contributed by atoms with van der Waals surface area (Å²) in [7, 11) is 1.64. The second-order valence-corrected chi connectivity index (χ2v) is 8.01. The first-order valence-corrected chi connectivity index (χ1v) is 10.7. The highest BCUT2D eigenvalue weighted by Crippen LogP contribution is 2.27. The van der Waals surface area contributed by atoms with Gasteiger partial charge in [0, 0.05) is 24.5 Å². The molecule has 0 atom stereocenters. The molecule has 2 heterocycles. The van der Waals surface area contributed by atoms with Crippen LogP contribution in [0.25, 0.3) is 5.69 Å². The molecule has 0 radical (unpaired) electrons. The number of likely N-dealkylation sites (N-methyl/N-ethyl adjacent to an activating group) is 1. The Morgan fingerprint density at radius 3 is 2.65 bits per heavy atom. The Morgan fingerprint density at radius 1 is 1.10 bits per heavy atom. The lowest BCUT2D eigenvalue weighted by Gasteiger charge is -2.16. The first kappa shape index (κ1) is 20.8. The molecule has 1 aliphatic carbocycles. The van der Waals surface area contributed by atoms with Gasteiger partial charge in [-0.3, -0.25) is 9.59 Å². The third-order valence-corrected chi connectivity index (χ3v) is 5.54. The van der Waals surface area contributed by atoms with Crippen molar-refractivity contribution in [2.24, 2.45) is 0 Å². The van der Waals surface area contributed by atoms with Gasteiger partial charge in [-0.2, -0.15) is 5.10 Å². The molecular weight excluding hydrogens is 390 g/mol. The van der Waals surface area contributed by atoms with Crippen LogP contribution >= 0.6 is 0 Å². The summed E-state index contributed by atoms with van der Waals surface area (Å²) >= 11 is 0. The van der Waals surface area contributed by atoms with Crippen molar-refractivity contribution in [1.82, 2.24) is 19.7 Å². The van der Waals surface area contributed by atoms with Crippen LogP contribution in [0.5, 0.6) is 0 Å². The summed E-state index contributed by atoms with van der Waals surface area (Å²) < 4.78 is 1.90. The fourth-order valence-electron chi connectivity index (χ4n) is 3.99. The van der Waals surface area contributed by atoms with Crippen molar-refractivity contribution in [3.05, 3.63) is 71.2 Å². The van der Waals surface area contributed by atoms with E-state index in [1.54, 1.807) is 19.3 Å². The first-order chi connectivity index (χ1) is 15.0. The van der Waals surface area contributed by atoms with Crippen molar-refractivity contribution < 1.29 is 9.59 Å². The number of benzene rings is 1. The number of aryl methyl sites for hydroxylation is 1. The van der Waals surface area contributed by atoms with Crippen LogP contribution in [0.15, 0.2) is 48.7 Å². The van der Waals surface area contributed by atoms with E-state index in [0.29, 0.717) is 11.5 Å². The van der Waals surface area contributed by atoms with E-state index in [4.69, 9.17) is 5.10 Å². The zero-order chi connectivity index (χ0) is 21.8. The van der Waals surface area contributed by atoms with Crippen molar-refractivity contribution in [2.45, 2.75) is 39.0 Å². The number of fused-ring (bicyclic) bond motifs is 1. The Kier molecular flexibility index (Phi) is 6.11. The molecule has 1 N–H and O–H groups in total. The van der Waals surface area contributed by atoms with E-state index in [2.05, 4.69) is 10.3 Å². The predicted octanol–water partition coefficient (Wildman–Crippen LogP) is 3.56. The smallest absolute Gasteiger partial charge is 0.274 e. The molecule has 0 unspecified atom stereocenters. The number of nitrogens with zero attached hydrogens (tertiary/aromatic N) is 4. The van der Waals surface area contributed by atoms with Gasteiger partial charge in [0.1, 0.15) is 5.82 Å². The molecule has 31 heavy (non-hydrogen) atoms. The van der Waals surface area contributed by atoms with Gasteiger partial charge in [-0.05, 0) is 62.4 Å². The molecule has 0 saturated heterocycles. The van der Waals surface area contributed by atoms with E-state index in [-0.39, 0.29) is 18.4 Å². The molecule has 2 aromatic heterocycles. The number of para-hydroxylation sites is 1. The second kappa shape index (κ2) is 9.12. The van der Waals surface area contributed by atoms with Crippen molar-refractivity contribution in [3.8, 4) is 5.69 Å². The highest BCUT2D eigenvalue weighted by Gasteiger charge is 2.27. The number of anilines is 1. The highest BCUT2D eigenvalue weighted by atomic mass is 16.2. The van der Waals surface area contributed by atoms with Gasteiger partial charge in [0.15, 0.2) is 5.69 Å². The van der Waals surface area contributed by atoms with Crippen LogP contribution < -0.4 is 5.32 Å². The van der Waals surface area contributed by atoms with Crippen LogP contribution in [0.2, 0.25) is 0 Å². The Hall–Kier alpha value is -3.48. The van der Waals surface area contributed by atoms with Gasteiger partial charge in [-0.15, -0.1) is 0 Å². The van der Waals surface area contributed by atoms with Crippen LogP contribution in [-0.4, -0.2) is 45.1 Å². The minimum Gasteiger partial charge on any atom is -0.331 e. The largest absolute Gasteiger partial charge is 0.331 e. The van der Waals surface area contributed by atoms with Crippen molar-refractivity contribution >= 4 is 17.6 Å². The zero-order valence-electron chi connectivity index (χ0n) is 18.0. The van der Waals surface area contributed by atoms with Crippen molar-refractivity contribution in [2.75, 3.05) is 18.9 Å². The third kappa shape index (κ3) is 4.66. The number of hydrogen-bond donors (Lipinski definition) is 1. The molecule has 0 aliphatic heterocycles. The number of carbonyl (C=O) groups is 2. The third-order valence-electron chi connectivity index (χ3n) is 5.54. The number of pyridine rings is 1. The van der Waals surface area contributed by atoms with Crippen LogP contribution in [0.3, 0.4) is 0 Å². The SMILES string of the molecule is Cc1ccnc(NC(=O)CN(C)C(=O)c2nn(-c3ccccc3)c3c2CCCCC3)c1. The lowest BCUT2D eigenvalue weighted by molar-refractivity contribution is -0.116. The Labute approximate surface area is 182 Å². The number of amides is 2. The number of nitrogens with one attached hydrogen (secondary N) is 1. The molecule has 1 aliphatic rings. The summed E-state index contributed by atoms with van der Waals surface area (Å²) in [5, 5.41) is 7.46. The highest BCUT2D eigenvalue weighted by molar-refractivity contribution is 5.99. The number of aromatic nitrogens is 3. The molecule has 7 nitrogen and oxygen atoms in total. The average Bonchev–Trinajstić information content (AvgIpc) is 2.94. The van der Waals surface area contributed by atoms with E-state index in [1.165, 1.54) is 4.90 Å². The monoisotopic (exact) mass is 417 g/mol. The van der Waals surface area contributed by atoms with E-state index in [1.807, 2.05) is 48.0 Å². The topological polar surface area (TPSA) is 80.1 Å². The summed E-state index contributed by atoms with van der Waals surface area (Å²) in [6, 6.07) is 13.6. The molecule has 7 heteroatoms. The number of hydrogen-bond acceptors (Lipinski definition) is 4. The van der Waals surface area contributed by atoms with E-state index in [0.717, 1.165) is 54.6 Å².